The van der Waals surface area contributed by atoms with Gasteiger partial charge in [-0.05, 0) is 12.8 Å². The number of aliphatic hydroxyl groups excluding tert-OH is 1. The summed E-state index contributed by atoms with van der Waals surface area (Å²) in [7, 11) is 0. The zero-order chi connectivity index (χ0) is 13.1. The van der Waals surface area contributed by atoms with Crippen LogP contribution in [-0.2, 0) is 0 Å². The Kier molecular flexibility index (Phi) is 59.9. The van der Waals surface area contributed by atoms with Gasteiger partial charge in [0.05, 0.1) is 6.10 Å². The van der Waals surface area contributed by atoms with Crippen molar-refractivity contribution >= 4 is 0 Å². The molecule has 0 aliphatic heterocycles. The largest absolute Gasteiger partial charge is 0.393 e. The summed E-state index contributed by atoms with van der Waals surface area (Å²) in [6.07, 6.45) is 5.78. The molecule has 0 rings (SSSR count). The predicted molar refractivity (Wildman–Crippen MR) is 74.4 cm³/mol. The van der Waals surface area contributed by atoms with Gasteiger partial charge in [0.25, 0.3) is 0 Å². The quantitative estimate of drug-likeness (QED) is 0.644. The van der Waals surface area contributed by atoms with Crippen molar-refractivity contribution in [3.63, 3.8) is 0 Å². The Balaban J connectivity index is -0.0000000610. The van der Waals surface area contributed by atoms with Gasteiger partial charge in [0, 0.05) is 0 Å². The maximum Gasteiger partial charge on any atom is 0.0535 e. The summed E-state index contributed by atoms with van der Waals surface area (Å²) in [5.74, 6) is 0. The molecule has 0 aliphatic rings. The maximum atomic E-state index is 8.67. The molecule has 0 spiro atoms. The van der Waals surface area contributed by atoms with Crippen LogP contribution in [0.15, 0.2) is 13.2 Å². The van der Waals surface area contributed by atoms with E-state index in [1.807, 2.05) is 27.7 Å². The second-order valence-electron chi connectivity index (χ2n) is 2.82. The molecular weight excluding hydrogens is 184 g/mol. The molecule has 0 radical (unpaired) electrons. The molecule has 1 N–H and O–H groups in total. The molecule has 0 heterocycles. The van der Waals surface area contributed by atoms with Gasteiger partial charge in [0.1, 0.15) is 0 Å². The molecule has 0 atom stereocenters. The van der Waals surface area contributed by atoms with E-state index in [9.17, 15) is 0 Å². The van der Waals surface area contributed by atoms with Crippen LogP contribution in [0.4, 0.5) is 0 Å². The van der Waals surface area contributed by atoms with Crippen LogP contribution in [0.2, 0.25) is 0 Å². The van der Waals surface area contributed by atoms with Crippen LogP contribution < -0.4 is 0 Å². The van der Waals surface area contributed by atoms with E-state index in [1.54, 1.807) is 0 Å². The van der Waals surface area contributed by atoms with Crippen LogP contribution in [0.5, 0.6) is 0 Å². The molecule has 0 saturated heterocycles. The maximum absolute atomic E-state index is 8.67. The number of rotatable bonds is 4. The monoisotopic (exact) mass is 218 g/mol. The van der Waals surface area contributed by atoms with Crippen LogP contribution in [-0.4, -0.2) is 11.2 Å². The molecule has 1 heteroatoms. The molecule has 0 saturated carbocycles. The highest BCUT2D eigenvalue weighted by molar-refractivity contribution is 4.43. The smallest absolute Gasteiger partial charge is 0.0535 e. The van der Waals surface area contributed by atoms with Crippen molar-refractivity contribution in [1.82, 2.24) is 0 Å². The first-order valence-corrected chi connectivity index (χ1v) is 6.40. The Morgan fingerprint density at radius 3 is 1.13 bits per heavy atom. The summed E-state index contributed by atoms with van der Waals surface area (Å²) in [6, 6.07) is 0. The van der Waals surface area contributed by atoms with Gasteiger partial charge in [-0.1, -0.05) is 60.8 Å². The lowest BCUT2D eigenvalue weighted by Crippen LogP contribution is -1.99. The highest BCUT2D eigenvalue weighted by Crippen LogP contribution is 1.92. The summed E-state index contributed by atoms with van der Waals surface area (Å²) in [5, 5.41) is 8.67. The molecular formula is C14H34O. The third-order valence-electron chi connectivity index (χ3n) is 1.65. The zero-order valence-electron chi connectivity index (χ0n) is 12.0. The lowest BCUT2D eigenvalue weighted by Gasteiger charge is -1.98. The van der Waals surface area contributed by atoms with Gasteiger partial charge in [-0.3, -0.25) is 0 Å². The summed E-state index contributed by atoms with van der Waals surface area (Å²) in [5.41, 5.74) is 0. The van der Waals surface area contributed by atoms with E-state index in [1.165, 1.54) is 19.3 Å². The molecule has 0 fully saturated rings. The molecule has 0 amide bonds. The van der Waals surface area contributed by atoms with Crippen molar-refractivity contribution in [1.29, 1.82) is 0 Å². The minimum absolute atomic E-state index is 0.0648. The fourth-order valence-electron chi connectivity index (χ4n) is 0.642. The predicted octanol–water partition coefficient (Wildman–Crippen LogP) is 5.19. The average molecular weight is 218 g/mol. The molecule has 0 unspecified atom stereocenters. The van der Waals surface area contributed by atoms with E-state index in [0.29, 0.717) is 0 Å². The van der Waals surface area contributed by atoms with Crippen molar-refractivity contribution in [3.8, 4) is 0 Å². The standard InChI is InChI=1S/C5H12O.C5H12.C2H6.C2H4/c1-3-5(6)4-2;1-3-5-4-2;2*1-2/h5-6H,3-4H2,1-2H3;3-5H2,1-2H3;1-2H3;1-2H2. The Morgan fingerprint density at radius 1 is 0.867 bits per heavy atom. The fourth-order valence-corrected chi connectivity index (χ4v) is 0.642. The number of hydrogen-bond donors (Lipinski definition) is 1. The second-order valence-corrected chi connectivity index (χ2v) is 2.82. The first kappa shape index (κ1) is 24.1. The zero-order valence-corrected chi connectivity index (χ0v) is 12.0. The van der Waals surface area contributed by atoms with Crippen molar-refractivity contribution < 1.29 is 5.11 Å². The highest BCUT2D eigenvalue weighted by atomic mass is 16.3. The Labute approximate surface area is 98.6 Å². The molecule has 0 bridgehead atoms. The molecule has 96 valence electrons. The third-order valence-corrected chi connectivity index (χ3v) is 1.65. The van der Waals surface area contributed by atoms with Crippen LogP contribution in [0.25, 0.3) is 0 Å². The normalized spacial score (nSPS) is 7.47. The summed E-state index contributed by atoms with van der Waals surface area (Å²) >= 11 is 0. The SMILES string of the molecule is C=C.CC.CCC(O)CC.CCCCC. The Bertz CT molecular complexity index is 56.4. The van der Waals surface area contributed by atoms with E-state index in [0.717, 1.165) is 12.8 Å². The Hall–Kier alpha value is -0.300. The first-order chi connectivity index (χ1) is 7.22. The van der Waals surface area contributed by atoms with E-state index < -0.39 is 0 Å². The van der Waals surface area contributed by atoms with Gasteiger partial charge in [-0.25, -0.2) is 0 Å². The number of aliphatic hydroxyl groups is 1. The highest BCUT2D eigenvalue weighted by Gasteiger charge is 1.90. The molecule has 0 aromatic heterocycles. The van der Waals surface area contributed by atoms with Crippen LogP contribution in [0, 0.1) is 0 Å². The van der Waals surface area contributed by atoms with E-state index in [2.05, 4.69) is 27.0 Å². The van der Waals surface area contributed by atoms with E-state index in [-0.39, 0.29) is 6.10 Å². The second kappa shape index (κ2) is 37.3. The molecule has 0 aromatic rings. The topological polar surface area (TPSA) is 20.2 Å². The molecule has 0 aromatic carbocycles. The van der Waals surface area contributed by atoms with Gasteiger partial charge >= 0.3 is 0 Å². The van der Waals surface area contributed by atoms with Crippen molar-refractivity contribution in [2.45, 2.75) is 79.8 Å². The first-order valence-electron chi connectivity index (χ1n) is 6.40. The summed E-state index contributed by atoms with van der Waals surface area (Å²) in [4.78, 5) is 0. The third kappa shape index (κ3) is 57.7. The van der Waals surface area contributed by atoms with Crippen molar-refractivity contribution in [3.05, 3.63) is 13.2 Å². The summed E-state index contributed by atoms with van der Waals surface area (Å²) < 4.78 is 0. The van der Waals surface area contributed by atoms with Gasteiger partial charge in [0.15, 0.2) is 0 Å². The fraction of sp³-hybridized carbons (Fsp3) is 0.857. The van der Waals surface area contributed by atoms with Crippen molar-refractivity contribution in [2.24, 2.45) is 0 Å². The van der Waals surface area contributed by atoms with Gasteiger partial charge < -0.3 is 5.11 Å². The summed E-state index contributed by atoms with van der Waals surface area (Å²) in [6.45, 7) is 18.4. The molecule has 15 heavy (non-hydrogen) atoms. The number of hydrogen-bond acceptors (Lipinski definition) is 1. The van der Waals surface area contributed by atoms with Crippen LogP contribution in [0.3, 0.4) is 0 Å². The molecule has 0 aliphatic carbocycles. The van der Waals surface area contributed by atoms with Gasteiger partial charge in [-0.15, -0.1) is 13.2 Å². The molecule has 1 nitrogen and oxygen atoms in total. The van der Waals surface area contributed by atoms with Gasteiger partial charge in [0.2, 0.25) is 0 Å². The Morgan fingerprint density at radius 2 is 1.13 bits per heavy atom. The van der Waals surface area contributed by atoms with E-state index in [4.69, 9.17) is 5.11 Å². The lowest BCUT2D eigenvalue weighted by atomic mass is 10.2. The lowest BCUT2D eigenvalue weighted by molar-refractivity contribution is 0.166. The van der Waals surface area contributed by atoms with Crippen LogP contribution >= 0.6 is 0 Å². The average Bonchev–Trinajstić information content (AvgIpc) is 2.35. The minimum atomic E-state index is -0.0648. The van der Waals surface area contributed by atoms with E-state index >= 15 is 0 Å². The minimum Gasteiger partial charge on any atom is -0.393 e. The van der Waals surface area contributed by atoms with Crippen molar-refractivity contribution in [2.75, 3.05) is 0 Å². The van der Waals surface area contributed by atoms with Gasteiger partial charge in [-0.2, -0.15) is 0 Å². The number of unbranched alkanes of at least 4 members (excludes halogenated alkanes) is 2. The van der Waals surface area contributed by atoms with Crippen LogP contribution in [0.1, 0.15) is 73.6 Å².